The van der Waals surface area contributed by atoms with Gasteiger partial charge in [-0.2, -0.15) is 0 Å². The van der Waals surface area contributed by atoms with E-state index in [-0.39, 0.29) is 0 Å². The Morgan fingerprint density at radius 3 is 2.79 bits per heavy atom. The fourth-order valence-corrected chi connectivity index (χ4v) is 2.48. The van der Waals surface area contributed by atoms with E-state index in [0.717, 1.165) is 5.92 Å². The van der Waals surface area contributed by atoms with Crippen LogP contribution in [0.25, 0.3) is 0 Å². The molecule has 0 aromatic heterocycles. The molecule has 1 aromatic rings. The van der Waals surface area contributed by atoms with Gasteiger partial charge >= 0.3 is 0 Å². The first kappa shape index (κ1) is 9.72. The van der Waals surface area contributed by atoms with Crippen LogP contribution in [0.15, 0.2) is 30.3 Å². The Kier molecular flexibility index (Phi) is 3.20. The predicted molar refractivity (Wildman–Crippen MR) is 60.5 cm³/mol. The molecule has 0 aliphatic carbocycles. The first-order valence-corrected chi connectivity index (χ1v) is 5.70. The van der Waals surface area contributed by atoms with E-state index < -0.39 is 0 Å². The van der Waals surface area contributed by atoms with Crippen LogP contribution in [0.1, 0.15) is 37.7 Å². The summed E-state index contributed by atoms with van der Waals surface area (Å²) in [5.41, 5.74) is 1.51. The SMILES string of the molecule is CCC1NCCCC1c1ccccc1. The van der Waals surface area contributed by atoms with Crippen LogP contribution in [0.5, 0.6) is 0 Å². The second kappa shape index (κ2) is 4.61. The highest BCUT2D eigenvalue weighted by Gasteiger charge is 2.23. The van der Waals surface area contributed by atoms with Crippen LogP contribution in [-0.4, -0.2) is 12.6 Å². The molecule has 2 unspecified atom stereocenters. The molecule has 1 nitrogen and oxygen atoms in total. The van der Waals surface area contributed by atoms with E-state index >= 15 is 0 Å². The van der Waals surface area contributed by atoms with Gasteiger partial charge in [0.15, 0.2) is 0 Å². The zero-order valence-corrected chi connectivity index (χ0v) is 8.87. The Morgan fingerprint density at radius 1 is 1.29 bits per heavy atom. The molecule has 1 saturated heterocycles. The third-order valence-corrected chi connectivity index (χ3v) is 3.25. The molecule has 1 heterocycles. The Morgan fingerprint density at radius 2 is 2.07 bits per heavy atom. The summed E-state index contributed by atoms with van der Waals surface area (Å²) in [5.74, 6) is 0.731. The fraction of sp³-hybridized carbons (Fsp3) is 0.538. The van der Waals surface area contributed by atoms with E-state index in [2.05, 4.69) is 42.6 Å². The van der Waals surface area contributed by atoms with Gasteiger partial charge in [0.05, 0.1) is 0 Å². The van der Waals surface area contributed by atoms with Crippen LogP contribution in [-0.2, 0) is 0 Å². The van der Waals surface area contributed by atoms with Gasteiger partial charge in [0.2, 0.25) is 0 Å². The highest BCUT2D eigenvalue weighted by Crippen LogP contribution is 2.29. The summed E-state index contributed by atoms with van der Waals surface area (Å²) in [7, 11) is 0. The second-order valence-corrected chi connectivity index (χ2v) is 4.13. The van der Waals surface area contributed by atoms with Gasteiger partial charge < -0.3 is 5.32 Å². The molecular weight excluding hydrogens is 170 g/mol. The van der Waals surface area contributed by atoms with Gasteiger partial charge in [0.25, 0.3) is 0 Å². The van der Waals surface area contributed by atoms with Crippen molar-refractivity contribution >= 4 is 0 Å². The van der Waals surface area contributed by atoms with Crippen molar-refractivity contribution in [2.24, 2.45) is 0 Å². The van der Waals surface area contributed by atoms with Crippen molar-refractivity contribution < 1.29 is 0 Å². The summed E-state index contributed by atoms with van der Waals surface area (Å²) in [4.78, 5) is 0. The van der Waals surface area contributed by atoms with Crippen molar-refractivity contribution in [1.29, 1.82) is 0 Å². The van der Waals surface area contributed by atoms with Crippen molar-refractivity contribution in [3.63, 3.8) is 0 Å². The number of nitrogens with one attached hydrogen (secondary N) is 1. The molecule has 0 bridgehead atoms. The first-order valence-electron chi connectivity index (χ1n) is 5.70. The average Bonchev–Trinajstić information content (AvgIpc) is 2.30. The molecule has 2 atom stereocenters. The highest BCUT2D eigenvalue weighted by atomic mass is 14.9. The molecule has 1 aliphatic rings. The molecule has 1 fully saturated rings. The number of piperidine rings is 1. The molecule has 0 amide bonds. The lowest BCUT2D eigenvalue weighted by molar-refractivity contribution is 0.343. The van der Waals surface area contributed by atoms with Gasteiger partial charge in [0, 0.05) is 6.04 Å². The first-order chi connectivity index (χ1) is 6.92. The number of rotatable bonds is 2. The molecule has 1 aromatic carbocycles. The quantitative estimate of drug-likeness (QED) is 0.754. The molecule has 0 radical (unpaired) electrons. The minimum atomic E-state index is 0.686. The maximum absolute atomic E-state index is 3.62. The van der Waals surface area contributed by atoms with Crippen LogP contribution in [0.4, 0.5) is 0 Å². The normalized spacial score (nSPS) is 27.5. The minimum Gasteiger partial charge on any atom is -0.313 e. The fourth-order valence-electron chi connectivity index (χ4n) is 2.48. The number of hydrogen-bond donors (Lipinski definition) is 1. The summed E-state index contributed by atoms with van der Waals surface area (Å²) in [6, 6.07) is 11.6. The zero-order valence-electron chi connectivity index (χ0n) is 8.87. The maximum Gasteiger partial charge on any atom is 0.0133 e. The molecule has 76 valence electrons. The Labute approximate surface area is 86.5 Å². The Balaban J connectivity index is 2.15. The van der Waals surface area contributed by atoms with E-state index in [1.807, 2.05) is 0 Å². The summed E-state index contributed by atoms with van der Waals surface area (Å²) in [6.07, 6.45) is 3.89. The van der Waals surface area contributed by atoms with E-state index in [1.165, 1.54) is 31.4 Å². The van der Waals surface area contributed by atoms with Crippen LogP contribution < -0.4 is 5.32 Å². The van der Waals surface area contributed by atoms with Crippen LogP contribution in [0.2, 0.25) is 0 Å². The van der Waals surface area contributed by atoms with Gasteiger partial charge in [-0.25, -0.2) is 0 Å². The van der Waals surface area contributed by atoms with Crippen molar-refractivity contribution in [2.45, 2.75) is 38.1 Å². The molecule has 0 saturated carbocycles. The number of hydrogen-bond acceptors (Lipinski definition) is 1. The summed E-state index contributed by atoms with van der Waals surface area (Å²) in [5, 5.41) is 3.62. The standard InChI is InChI=1S/C13H19N/c1-2-13-12(9-6-10-14-13)11-7-4-3-5-8-11/h3-5,7-8,12-14H,2,6,9-10H2,1H3. The largest absolute Gasteiger partial charge is 0.313 e. The topological polar surface area (TPSA) is 12.0 Å². The zero-order chi connectivity index (χ0) is 9.80. The van der Waals surface area contributed by atoms with E-state index in [9.17, 15) is 0 Å². The highest BCUT2D eigenvalue weighted by molar-refractivity contribution is 5.21. The molecule has 0 spiro atoms. The molecule has 1 heteroatoms. The average molecular weight is 189 g/mol. The van der Waals surface area contributed by atoms with Crippen LogP contribution in [0.3, 0.4) is 0 Å². The van der Waals surface area contributed by atoms with Crippen molar-refractivity contribution in [3.05, 3.63) is 35.9 Å². The molecule has 2 rings (SSSR count). The lowest BCUT2D eigenvalue weighted by Crippen LogP contribution is -2.39. The van der Waals surface area contributed by atoms with Gasteiger partial charge in [-0.15, -0.1) is 0 Å². The lowest BCUT2D eigenvalue weighted by atomic mass is 9.84. The summed E-state index contributed by atoms with van der Waals surface area (Å²) in [6.45, 7) is 3.47. The lowest BCUT2D eigenvalue weighted by Gasteiger charge is -2.32. The van der Waals surface area contributed by atoms with Crippen molar-refractivity contribution in [1.82, 2.24) is 5.32 Å². The number of benzene rings is 1. The van der Waals surface area contributed by atoms with Gasteiger partial charge in [-0.3, -0.25) is 0 Å². The third kappa shape index (κ3) is 1.98. The molecule has 14 heavy (non-hydrogen) atoms. The van der Waals surface area contributed by atoms with E-state index in [1.54, 1.807) is 0 Å². The van der Waals surface area contributed by atoms with Crippen LogP contribution >= 0.6 is 0 Å². The van der Waals surface area contributed by atoms with Gasteiger partial charge in [0.1, 0.15) is 0 Å². The van der Waals surface area contributed by atoms with Gasteiger partial charge in [-0.1, -0.05) is 37.3 Å². The molecular formula is C13H19N. The van der Waals surface area contributed by atoms with E-state index in [0.29, 0.717) is 6.04 Å². The summed E-state index contributed by atoms with van der Waals surface area (Å²) >= 11 is 0. The van der Waals surface area contributed by atoms with Crippen molar-refractivity contribution in [3.8, 4) is 0 Å². The molecule has 1 aliphatic heterocycles. The van der Waals surface area contributed by atoms with E-state index in [4.69, 9.17) is 0 Å². The van der Waals surface area contributed by atoms with Gasteiger partial charge in [-0.05, 0) is 37.3 Å². The summed E-state index contributed by atoms with van der Waals surface area (Å²) < 4.78 is 0. The van der Waals surface area contributed by atoms with Crippen molar-refractivity contribution in [2.75, 3.05) is 6.54 Å². The smallest absolute Gasteiger partial charge is 0.0133 e. The Hall–Kier alpha value is -0.820. The minimum absolute atomic E-state index is 0.686. The predicted octanol–water partition coefficient (Wildman–Crippen LogP) is 2.93. The Bertz CT molecular complexity index is 268. The monoisotopic (exact) mass is 189 g/mol. The second-order valence-electron chi connectivity index (χ2n) is 4.13. The molecule has 1 N–H and O–H groups in total. The third-order valence-electron chi connectivity index (χ3n) is 3.25. The maximum atomic E-state index is 3.62. The van der Waals surface area contributed by atoms with Crippen LogP contribution in [0, 0.1) is 0 Å².